The van der Waals surface area contributed by atoms with Gasteiger partial charge in [0.1, 0.15) is 12.1 Å². The lowest BCUT2D eigenvalue weighted by Crippen LogP contribution is -2.55. The van der Waals surface area contributed by atoms with Gasteiger partial charge in [-0.1, -0.05) is 20.8 Å². The van der Waals surface area contributed by atoms with Crippen LogP contribution in [0.4, 0.5) is 0 Å². The van der Waals surface area contributed by atoms with Crippen LogP contribution in [0.5, 0.6) is 0 Å². The molecule has 0 unspecified atom stereocenters. The zero-order valence-electron chi connectivity index (χ0n) is 17.7. The molecular formula is C19H36N6O4. The molecule has 3 atom stereocenters. The summed E-state index contributed by atoms with van der Waals surface area (Å²) < 4.78 is 0. The second-order valence-electron chi connectivity index (χ2n) is 7.78. The summed E-state index contributed by atoms with van der Waals surface area (Å²) in [6.07, 6.45) is 2.49. The highest BCUT2D eigenvalue weighted by molar-refractivity contribution is 5.92. The molecule has 1 saturated heterocycles. The highest BCUT2D eigenvalue weighted by atomic mass is 16.4. The summed E-state index contributed by atoms with van der Waals surface area (Å²) in [5, 5.41) is 15.4. The average molecular weight is 413 g/mol. The maximum absolute atomic E-state index is 13.1. The van der Waals surface area contributed by atoms with Crippen LogP contribution in [0.25, 0.3) is 0 Å². The van der Waals surface area contributed by atoms with E-state index in [4.69, 9.17) is 11.5 Å². The summed E-state index contributed by atoms with van der Waals surface area (Å²) in [6.45, 7) is 7.29. The molecule has 0 radical (unpaired) electrons. The van der Waals surface area contributed by atoms with Crippen molar-refractivity contribution in [2.75, 3.05) is 19.6 Å². The molecular weight excluding hydrogens is 376 g/mol. The minimum Gasteiger partial charge on any atom is -0.480 e. The summed E-state index contributed by atoms with van der Waals surface area (Å²) in [5.74, 6) is -1.38. The molecule has 29 heavy (non-hydrogen) atoms. The largest absolute Gasteiger partial charge is 0.480 e. The molecule has 10 heteroatoms. The van der Waals surface area contributed by atoms with Crippen LogP contribution >= 0.6 is 0 Å². The number of rotatable bonds is 12. The fraction of sp³-hybridized carbons (Fsp3) is 0.789. The van der Waals surface area contributed by atoms with Gasteiger partial charge in [-0.05, 0) is 44.6 Å². The predicted octanol–water partition coefficient (Wildman–Crippen LogP) is -0.375. The normalized spacial score (nSPS) is 18.3. The van der Waals surface area contributed by atoms with Gasteiger partial charge in [0.25, 0.3) is 0 Å². The minimum absolute atomic E-state index is 0.0356. The Kier molecular flexibility index (Phi) is 10.4. The Bertz CT molecular complexity index is 591. The van der Waals surface area contributed by atoms with Gasteiger partial charge in [-0.3, -0.25) is 14.6 Å². The van der Waals surface area contributed by atoms with E-state index in [9.17, 15) is 19.5 Å². The van der Waals surface area contributed by atoms with Crippen molar-refractivity contribution < 1.29 is 19.5 Å². The molecule has 0 aromatic rings. The third kappa shape index (κ3) is 8.26. The van der Waals surface area contributed by atoms with Gasteiger partial charge in [-0.15, -0.1) is 0 Å². The van der Waals surface area contributed by atoms with Crippen molar-refractivity contribution in [3.05, 3.63) is 0 Å². The number of nitrogens with zero attached hydrogens (tertiary/aromatic N) is 2. The van der Waals surface area contributed by atoms with Gasteiger partial charge in [0.15, 0.2) is 5.96 Å². The number of hydrogen-bond acceptors (Lipinski definition) is 5. The first-order chi connectivity index (χ1) is 13.7. The van der Waals surface area contributed by atoms with E-state index < -0.39 is 24.1 Å². The van der Waals surface area contributed by atoms with E-state index in [0.29, 0.717) is 57.7 Å². The molecule has 0 saturated carbocycles. The van der Waals surface area contributed by atoms with Crippen LogP contribution < -0.4 is 22.1 Å². The van der Waals surface area contributed by atoms with E-state index in [1.165, 1.54) is 4.90 Å². The van der Waals surface area contributed by atoms with Gasteiger partial charge in [0.2, 0.25) is 11.8 Å². The van der Waals surface area contributed by atoms with E-state index in [-0.39, 0.29) is 17.8 Å². The van der Waals surface area contributed by atoms with E-state index in [1.54, 1.807) is 0 Å². The van der Waals surface area contributed by atoms with Crippen molar-refractivity contribution in [2.24, 2.45) is 22.4 Å². The van der Waals surface area contributed by atoms with Gasteiger partial charge in [0.05, 0.1) is 6.04 Å². The summed E-state index contributed by atoms with van der Waals surface area (Å²) in [4.78, 5) is 42.6. The number of amides is 2. The Hall–Kier alpha value is -2.36. The first-order valence-corrected chi connectivity index (χ1v) is 10.3. The molecule has 1 aliphatic rings. The van der Waals surface area contributed by atoms with E-state index in [0.717, 1.165) is 0 Å². The van der Waals surface area contributed by atoms with Gasteiger partial charge >= 0.3 is 5.97 Å². The van der Waals surface area contributed by atoms with Crippen molar-refractivity contribution in [3.8, 4) is 0 Å². The van der Waals surface area contributed by atoms with E-state index >= 15 is 0 Å². The number of hydrogen-bond donors (Lipinski definition) is 5. The van der Waals surface area contributed by atoms with Crippen LogP contribution in [-0.2, 0) is 14.4 Å². The quantitative estimate of drug-likeness (QED) is 0.166. The molecule has 0 aromatic carbocycles. The van der Waals surface area contributed by atoms with Gasteiger partial charge in [0, 0.05) is 13.1 Å². The number of carbonyl (C=O) groups is 3. The number of aliphatic carboxylic acids is 1. The maximum atomic E-state index is 13.1. The zero-order chi connectivity index (χ0) is 22.0. The smallest absolute Gasteiger partial charge is 0.326 e. The number of likely N-dealkylation sites (N-methyl/N-ethyl adjacent to an activating group) is 1. The van der Waals surface area contributed by atoms with Crippen molar-refractivity contribution in [3.63, 3.8) is 0 Å². The van der Waals surface area contributed by atoms with Crippen LogP contribution in [0.1, 0.15) is 52.9 Å². The molecule has 1 rings (SSSR count). The van der Waals surface area contributed by atoms with Crippen molar-refractivity contribution >= 4 is 23.7 Å². The van der Waals surface area contributed by atoms with Crippen LogP contribution in [0, 0.1) is 5.92 Å². The SMILES string of the molecule is CCN[C@@H](CC(C)C)C(=O)N[C@@H](CCCN=C(N)N)C(=O)N1CCC[C@H]1C(=O)O. The minimum atomic E-state index is -1.02. The number of carbonyl (C=O) groups excluding carboxylic acids is 2. The van der Waals surface area contributed by atoms with Crippen LogP contribution in [0.2, 0.25) is 0 Å². The number of carboxylic acid groups (broad SMARTS) is 1. The number of nitrogens with two attached hydrogens (primary N) is 2. The Morgan fingerprint density at radius 2 is 1.93 bits per heavy atom. The predicted molar refractivity (Wildman–Crippen MR) is 111 cm³/mol. The molecule has 0 aromatic heterocycles. The summed E-state index contributed by atoms with van der Waals surface area (Å²) >= 11 is 0. The summed E-state index contributed by atoms with van der Waals surface area (Å²) in [6, 6.07) is -2.08. The van der Waals surface area contributed by atoms with Crippen LogP contribution in [0.15, 0.2) is 4.99 Å². The Morgan fingerprint density at radius 3 is 2.48 bits per heavy atom. The van der Waals surface area contributed by atoms with Crippen molar-refractivity contribution in [1.82, 2.24) is 15.5 Å². The highest BCUT2D eigenvalue weighted by Crippen LogP contribution is 2.20. The number of aliphatic imine (C=N–C) groups is 1. The van der Waals surface area contributed by atoms with Crippen LogP contribution in [-0.4, -0.2) is 71.5 Å². The molecule has 2 amide bonds. The lowest BCUT2D eigenvalue weighted by molar-refractivity contribution is -0.149. The van der Waals surface area contributed by atoms with Crippen LogP contribution in [0.3, 0.4) is 0 Å². The number of nitrogens with one attached hydrogen (secondary N) is 2. The number of guanidine groups is 1. The third-order valence-electron chi connectivity index (χ3n) is 4.85. The molecule has 1 fully saturated rings. The topological polar surface area (TPSA) is 163 Å². The lowest BCUT2D eigenvalue weighted by Gasteiger charge is -2.29. The highest BCUT2D eigenvalue weighted by Gasteiger charge is 2.38. The second kappa shape index (κ2) is 12.3. The van der Waals surface area contributed by atoms with E-state index in [2.05, 4.69) is 15.6 Å². The lowest BCUT2D eigenvalue weighted by atomic mass is 10.0. The summed E-state index contributed by atoms with van der Waals surface area (Å²) in [5.41, 5.74) is 10.7. The molecule has 10 nitrogen and oxygen atoms in total. The molecule has 1 aliphatic heterocycles. The molecule has 7 N–H and O–H groups in total. The Labute approximate surface area is 172 Å². The molecule has 1 heterocycles. The van der Waals surface area contributed by atoms with Crippen molar-refractivity contribution in [2.45, 2.75) is 71.0 Å². The monoisotopic (exact) mass is 412 g/mol. The first kappa shape index (κ1) is 24.7. The second-order valence-corrected chi connectivity index (χ2v) is 7.78. The maximum Gasteiger partial charge on any atom is 0.326 e. The Morgan fingerprint density at radius 1 is 1.24 bits per heavy atom. The molecule has 0 bridgehead atoms. The van der Waals surface area contributed by atoms with Gasteiger partial charge < -0.3 is 32.1 Å². The molecule has 0 spiro atoms. The first-order valence-electron chi connectivity index (χ1n) is 10.3. The number of likely N-dealkylation sites (tertiary alicyclic amines) is 1. The standard InChI is InChI=1S/C19H36N6O4/c1-4-22-14(11-12(2)3)16(26)24-13(7-5-9-23-19(20)21)17(27)25-10-6-8-15(25)18(28)29/h12-15,22H,4-11H2,1-3H3,(H,24,26)(H,28,29)(H4,20,21,23)/t13-,14-,15-/m0/s1. The van der Waals surface area contributed by atoms with Gasteiger partial charge in [-0.25, -0.2) is 4.79 Å². The number of carboxylic acids is 1. The van der Waals surface area contributed by atoms with Crippen molar-refractivity contribution in [1.29, 1.82) is 0 Å². The molecule has 0 aliphatic carbocycles. The zero-order valence-corrected chi connectivity index (χ0v) is 17.7. The fourth-order valence-corrected chi connectivity index (χ4v) is 3.52. The third-order valence-corrected chi connectivity index (χ3v) is 4.85. The fourth-order valence-electron chi connectivity index (χ4n) is 3.52. The van der Waals surface area contributed by atoms with E-state index in [1.807, 2.05) is 20.8 Å². The average Bonchev–Trinajstić information content (AvgIpc) is 3.12. The van der Waals surface area contributed by atoms with Gasteiger partial charge in [-0.2, -0.15) is 0 Å². The Balaban J connectivity index is 2.91. The summed E-state index contributed by atoms with van der Waals surface area (Å²) in [7, 11) is 0. The molecule has 166 valence electrons.